The Balaban J connectivity index is 1.57. The van der Waals surface area contributed by atoms with Crippen LogP contribution in [0.5, 0.6) is 11.5 Å². The topological polar surface area (TPSA) is 103 Å². The quantitative estimate of drug-likeness (QED) is 0.159. The summed E-state index contributed by atoms with van der Waals surface area (Å²) in [4.78, 5) is 13.1. The zero-order valence-electron chi connectivity index (χ0n) is 25.5. The van der Waals surface area contributed by atoms with Gasteiger partial charge in [0.25, 0.3) is 0 Å². The number of fused-ring (bicyclic) bond motifs is 1. The van der Waals surface area contributed by atoms with Crippen molar-refractivity contribution in [3.63, 3.8) is 0 Å². The van der Waals surface area contributed by atoms with Crippen LogP contribution in [0.4, 0.5) is 5.69 Å². The molecule has 0 unspecified atom stereocenters. The maximum absolute atomic E-state index is 14.7. The van der Waals surface area contributed by atoms with E-state index in [2.05, 4.69) is 10.4 Å². The number of amides is 1. The highest BCUT2D eigenvalue weighted by molar-refractivity contribution is 7.89. The van der Waals surface area contributed by atoms with Crippen LogP contribution in [0.3, 0.4) is 0 Å². The van der Waals surface area contributed by atoms with Crippen LogP contribution in [-0.2, 0) is 34.3 Å². The number of carbonyl (C=O) groups excluding carboxylic acids is 1. The monoisotopic (exact) mass is 646 g/mol. The fourth-order valence-electron chi connectivity index (χ4n) is 4.91. The highest BCUT2D eigenvalue weighted by atomic mass is 35.5. The van der Waals surface area contributed by atoms with Gasteiger partial charge in [0, 0.05) is 41.4 Å². The minimum Gasteiger partial charge on any atom is -0.497 e. The number of benzene rings is 4. The van der Waals surface area contributed by atoms with Crippen LogP contribution in [0.1, 0.15) is 36.6 Å². The summed E-state index contributed by atoms with van der Waals surface area (Å²) in [6.07, 6.45) is 1.77. The summed E-state index contributed by atoms with van der Waals surface area (Å²) in [5, 5.41) is 8.46. The number of hydrogen-bond acceptors (Lipinski definition) is 6. The van der Waals surface area contributed by atoms with Crippen LogP contribution in [0.25, 0.3) is 10.9 Å². The first-order valence-corrected chi connectivity index (χ1v) is 16.2. The van der Waals surface area contributed by atoms with Gasteiger partial charge in [0.15, 0.2) is 0 Å². The summed E-state index contributed by atoms with van der Waals surface area (Å²) in [6.45, 7) is 4.13. The molecule has 234 valence electrons. The number of ether oxygens (including phenoxy) is 2. The molecule has 4 aromatic carbocycles. The van der Waals surface area contributed by atoms with Crippen LogP contribution in [0.2, 0.25) is 5.02 Å². The molecule has 1 heterocycles. The number of halogens is 1. The predicted molar refractivity (Wildman–Crippen MR) is 176 cm³/mol. The maximum atomic E-state index is 14.7. The van der Waals surface area contributed by atoms with E-state index >= 15 is 0 Å². The fraction of sp³-hybridized carbons (Fsp3) is 0.235. The Hall–Kier alpha value is -4.38. The minimum absolute atomic E-state index is 0.0130. The van der Waals surface area contributed by atoms with E-state index in [0.29, 0.717) is 38.7 Å². The van der Waals surface area contributed by atoms with Gasteiger partial charge in [-0.15, -0.1) is 0 Å². The SMILES string of the molecule is COc1ccc(CN(Cc2ccc(OC)cc2)S(=O)(=O)c2cc(NC(=O)Cc3ccccc3Cl)cc3nn(C(C)C)cc23)cc1. The van der Waals surface area contributed by atoms with Gasteiger partial charge in [-0.05, 0) is 73.0 Å². The molecule has 0 aliphatic carbocycles. The summed E-state index contributed by atoms with van der Waals surface area (Å²) in [5.41, 5.74) is 3.00. The Morgan fingerprint density at radius 3 is 2.02 bits per heavy atom. The molecule has 1 aromatic heterocycles. The molecule has 0 aliphatic rings. The second kappa shape index (κ2) is 13.7. The zero-order chi connectivity index (χ0) is 32.1. The van der Waals surface area contributed by atoms with Gasteiger partial charge in [-0.25, -0.2) is 8.42 Å². The molecular formula is C34H35ClN4O5S. The Morgan fingerprint density at radius 1 is 0.911 bits per heavy atom. The lowest BCUT2D eigenvalue weighted by Gasteiger charge is -2.23. The van der Waals surface area contributed by atoms with E-state index in [1.165, 1.54) is 10.4 Å². The molecule has 0 atom stereocenters. The van der Waals surface area contributed by atoms with Crippen molar-refractivity contribution in [3.05, 3.63) is 113 Å². The highest BCUT2D eigenvalue weighted by Gasteiger charge is 2.29. The van der Waals surface area contributed by atoms with Crippen molar-refractivity contribution in [1.82, 2.24) is 14.1 Å². The van der Waals surface area contributed by atoms with E-state index in [-0.39, 0.29) is 36.4 Å². The second-order valence-electron chi connectivity index (χ2n) is 10.9. The number of methoxy groups -OCH3 is 2. The molecule has 45 heavy (non-hydrogen) atoms. The van der Waals surface area contributed by atoms with Gasteiger partial charge < -0.3 is 14.8 Å². The molecule has 0 spiro atoms. The third kappa shape index (κ3) is 7.47. The van der Waals surface area contributed by atoms with Crippen molar-refractivity contribution in [1.29, 1.82) is 0 Å². The summed E-state index contributed by atoms with van der Waals surface area (Å²) in [7, 11) is -0.983. The number of sulfonamides is 1. The van der Waals surface area contributed by atoms with Gasteiger partial charge in [0.1, 0.15) is 11.5 Å². The van der Waals surface area contributed by atoms with Crippen LogP contribution in [0, 0.1) is 0 Å². The zero-order valence-corrected chi connectivity index (χ0v) is 27.1. The molecule has 0 fully saturated rings. The Bertz CT molecular complexity index is 1860. The third-order valence-electron chi connectivity index (χ3n) is 7.38. The van der Waals surface area contributed by atoms with E-state index in [0.717, 1.165) is 11.1 Å². The first-order chi connectivity index (χ1) is 21.6. The van der Waals surface area contributed by atoms with E-state index < -0.39 is 10.0 Å². The average Bonchev–Trinajstić information content (AvgIpc) is 3.47. The van der Waals surface area contributed by atoms with Gasteiger partial charge in [0.05, 0.1) is 31.1 Å². The molecule has 5 rings (SSSR count). The van der Waals surface area contributed by atoms with Gasteiger partial charge in [-0.2, -0.15) is 9.40 Å². The number of nitrogens with zero attached hydrogens (tertiary/aromatic N) is 3. The Morgan fingerprint density at radius 2 is 1.49 bits per heavy atom. The number of hydrogen-bond donors (Lipinski definition) is 1. The molecule has 0 saturated heterocycles. The number of anilines is 1. The van der Waals surface area contributed by atoms with Crippen LogP contribution in [-0.4, -0.2) is 42.6 Å². The van der Waals surface area contributed by atoms with Crippen molar-refractivity contribution in [2.45, 2.75) is 44.3 Å². The van der Waals surface area contributed by atoms with Gasteiger partial charge in [-0.3, -0.25) is 9.48 Å². The Kier molecular flexibility index (Phi) is 9.77. The fourth-order valence-corrected chi connectivity index (χ4v) is 6.74. The molecule has 0 saturated carbocycles. The smallest absolute Gasteiger partial charge is 0.244 e. The first-order valence-electron chi connectivity index (χ1n) is 14.4. The van der Waals surface area contributed by atoms with E-state index in [4.69, 9.17) is 21.1 Å². The van der Waals surface area contributed by atoms with Crippen LogP contribution < -0.4 is 14.8 Å². The van der Waals surface area contributed by atoms with Crippen molar-refractivity contribution in [2.75, 3.05) is 19.5 Å². The minimum atomic E-state index is -4.15. The first kappa shape index (κ1) is 32.0. The summed E-state index contributed by atoms with van der Waals surface area (Å²) in [6, 6.07) is 24.8. The van der Waals surface area contributed by atoms with Gasteiger partial charge in [-0.1, -0.05) is 54.1 Å². The molecule has 9 nitrogen and oxygen atoms in total. The van der Waals surface area contributed by atoms with E-state index in [9.17, 15) is 13.2 Å². The molecule has 0 aliphatic heterocycles. The van der Waals surface area contributed by atoms with Crippen LogP contribution >= 0.6 is 11.6 Å². The molecular weight excluding hydrogens is 612 g/mol. The van der Waals surface area contributed by atoms with E-state index in [1.807, 2.05) is 44.2 Å². The normalized spacial score (nSPS) is 11.7. The van der Waals surface area contributed by atoms with Gasteiger partial charge >= 0.3 is 0 Å². The van der Waals surface area contributed by atoms with E-state index in [1.54, 1.807) is 73.6 Å². The van der Waals surface area contributed by atoms with Crippen molar-refractivity contribution < 1.29 is 22.7 Å². The summed E-state index contributed by atoms with van der Waals surface area (Å²) in [5.74, 6) is 1.01. The number of carbonyl (C=O) groups is 1. The third-order valence-corrected chi connectivity index (χ3v) is 9.58. The summed E-state index contributed by atoms with van der Waals surface area (Å²) >= 11 is 6.28. The lowest BCUT2D eigenvalue weighted by atomic mass is 10.1. The average molecular weight is 647 g/mol. The van der Waals surface area contributed by atoms with Gasteiger partial charge in [0.2, 0.25) is 15.9 Å². The summed E-state index contributed by atoms with van der Waals surface area (Å²) < 4.78 is 43.1. The molecule has 1 N–H and O–H groups in total. The standard InChI is InChI=1S/C34H35ClN4O5S/c1-23(2)39-22-30-32(37-39)18-27(36-34(40)17-26-7-5-6-8-31(26)35)19-33(30)45(41,42)38(20-24-9-13-28(43-3)14-10-24)21-25-11-15-29(44-4)16-12-25/h5-16,18-19,22-23H,17,20-21H2,1-4H3,(H,36,40). The van der Waals surface area contributed by atoms with Crippen molar-refractivity contribution in [2.24, 2.45) is 0 Å². The second-order valence-corrected chi connectivity index (χ2v) is 13.2. The van der Waals surface area contributed by atoms with Crippen molar-refractivity contribution >= 4 is 44.1 Å². The lowest BCUT2D eigenvalue weighted by molar-refractivity contribution is -0.115. The molecule has 11 heteroatoms. The van der Waals surface area contributed by atoms with Crippen molar-refractivity contribution in [3.8, 4) is 11.5 Å². The molecule has 0 radical (unpaired) electrons. The van der Waals surface area contributed by atoms with Crippen LogP contribution in [0.15, 0.2) is 96.0 Å². The maximum Gasteiger partial charge on any atom is 0.244 e. The molecule has 0 bridgehead atoms. The largest absolute Gasteiger partial charge is 0.497 e. The lowest BCUT2D eigenvalue weighted by Crippen LogP contribution is -2.30. The number of aromatic nitrogens is 2. The Labute approximate surface area is 268 Å². The number of nitrogens with one attached hydrogen (secondary N) is 1. The molecule has 1 amide bonds. The predicted octanol–water partition coefficient (Wildman–Crippen LogP) is 6.86. The molecule has 5 aromatic rings. The highest BCUT2D eigenvalue weighted by Crippen LogP contribution is 2.32. The number of rotatable bonds is 12.